The summed E-state index contributed by atoms with van der Waals surface area (Å²) < 4.78 is 0. The lowest BCUT2D eigenvalue weighted by molar-refractivity contribution is 1.01. The Kier molecular flexibility index (Phi) is 3.83. The minimum atomic E-state index is 0.661. The molecule has 0 radical (unpaired) electrons. The first-order chi connectivity index (χ1) is 8.66. The average molecular weight is 262 g/mol. The summed E-state index contributed by atoms with van der Waals surface area (Å²) in [5.74, 6) is 0. The maximum Gasteiger partial charge on any atom is 0.227 e. The van der Waals surface area contributed by atoms with Crippen molar-refractivity contribution in [1.82, 2.24) is 15.2 Å². The number of rotatable bonds is 4. The van der Waals surface area contributed by atoms with Crippen LogP contribution >= 0.6 is 11.3 Å². The third-order valence-corrected chi connectivity index (χ3v) is 3.15. The molecule has 0 fully saturated rings. The van der Waals surface area contributed by atoms with Crippen LogP contribution in [0, 0.1) is 0 Å². The van der Waals surface area contributed by atoms with Gasteiger partial charge in [0, 0.05) is 20.3 Å². The van der Waals surface area contributed by atoms with Gasteiger partial charge in [-0.1, -0.05) is 17.4 Å². The zero-order chi connectivity index (χ0) is 13.0. The molecule has 0 amide bonds. The number of hydrogen-bond acceptors (Lipinski definition) is 7. The minimum absolute atomic E-state index is 0.661. The van der Waals surface area contributed by atoms with Crippen molar-refractivity contribution in [2.24, 2.45) is 5.10 Å². The Hall–Kier alpha value is -2.02. The number of aromatic nitrogens is 3. The first kappa shape index (κ1) is 12.4. The lowest BCUT2D eigenvalue weighted by Crippen LogP contribution is -2.07. The van der Waals surface area contributed by atoms with Crippen LogP contribution in [-0.2, 0) is 0 Å². The molecular weight excluding hydrogens is 248 g/mol. The highest BCUT2D eigenvalue weighted by Crippen LogP contribution is 2.21. The van der Waals surface area contributed by atoms with E-state index >= 15 is 0 Å². The van der Waals surface area contributed by atoms with E-state index in [0.717, 1.165) is 16.5 Å². The summed E-state index contributed by atoms with van der Waals surface area (Å²) in [5, 5.41) is 13.7. The number of hydrazone groups is 1. The molecule has 2 rings (SSSR count). The highest BCUT2D eigenvalue weighted by molar-refractivity contribution is 7.19. The molecule has 0 bridgehead atoms. The molecule has 0 saturated carbocycles. The first-order valence-electron chi connectivity index (χ1n) is 5.39. The lowest BCUT2D eigenvalue weighted by Gasteiger charge is -2.03. The van der Waals surface area contributed by atoms with E-state index in [4.69, 9.17) is 0 Å². The van der Waals surface area contributed by atoms with Crippen LogP contribution in [0.5, 0.6) is 0 Å². The highest BCUT2D eigenvalue weighted by atomic mass is 32.1. The van der Waals surface area contributed by atoms with Gasteiger partial charge in [0.15, 0.2) is 0 Å². The van der Waals surface area contributed by atoms with Crippen molar-refractivity contribution >= 4 is 27.3 Å². The van der Waals surface area contributed by atoms with Crippen molar-refractivity contribution in [3.8, 4) is 0 Å². The Balaban J connectivity index is 2.06. The summed E-state index contributed by atoms with van der Waals surface area (Å²) in [6.45, 7) is 1.89. The Morgan fingerprint density at radius 3 is 2.78 bits per heavy atom. The maximum atomic E-state index is 4.23. The fourth-order valence-electron chi connectivity index (χ4n) is 1.21. The molecule has 2 aromatic heterocycles. The Labute approximate surface area is 109 Å². The molecule has 94 valence electrons. The van der Waals surface area contributed by atoms with Crippen molar-refractivity contribution in [3.05, 3.63) is 30.1 Å². The van der Waals surface area contributed by atoms with E-state index in [-0.39, 0.29) is 0 Å². The van der Waals surface area contributed by atoms with Gasteiger partial charge >= 0.3 is 0 Å². The third-order valence-electron chi connectivity index (χ3n) is 2.15. The molecule has 0 aromatic carbocycles. The van der Waals surface area contributed by atoms with Crippen molar-refractivity contribution in [3.63, 3.8) is 0 Å². The van der Waals surface area contributed by atoms with Gasteiger partial charge in [0.2, 0.25) is 10.3 Å². The molecule has 2 heterocycles. The summed E-state index contributed by atoms with van der Waals surface area (Å²) in [7, 11) is 3.85. The van der Waals surface area contributed by atoms with Crippen molar-refractivity contribution in [2.75, 3.05) is 24.4 Å². The van der Waals surface area contributed by atoms with E-state index in [1.165, 1.54) is 11.3 Å². The second-order valence-electron chi connectivity index (χ2n) is 3.81. The zero-order valence-electron chi connectivity index (χ0n) is 10.5. The van der Waals surface area contributed by atoms with E-state index in [1.54, 1.807) is 6.20 Å². The molecule has 0 saturated heterocycles. The summed E-state index contributed by atoms with van der Waals surface area (Å²) in [6.07, 6.45) is 1.74. The molecular formula is C11H14N6S. The van der Waals surface area contributed by atoms with Crippen LogP contribution in [0.25, 0.3) is 0 Å². The van der Waals surface area contributed by atoms with Crippen LogP contribution in [0.3, 0.4) is 0 Å². The fraction of sp³-hybridized carbons (Fsp3) is 0.273. The quantitative estimate of drug-likeness (QED) is 0.672. The van der Waals surface area contributed by atoms with Gasteiger partial charge in [-0.2, -0.15) is 5.10 Å². The Morgan fingerprint density at radius 2 is 2.17 bits per heavy atom. The van der Waals surface area contributed by atoms with Crippen LogP contribution in [-0.4, -0.2) is 35.0 Å². The fourth-order valence-corrected chi connectivity index (χ4v) is 1.82. The molecule has 7 heteroatoms. The minimum Gasteiger partial charge on any atom is -0.353 e. The monoisotopic (exact) mass is 262 g/mol. The molecule has 0 atom stereocenters. The maximum absolute atomic E-state index is 4.23. The summed E-state index contributed by atoms with van der Waals surface area (Å²) >= 11 is 1.44. The third kappa shape index (κ3) is 3.01. The smallest absolute Gasteiger partial charge is 0.227 e. The van der Waals surface area contributed by atoms with Crippen molar-refractivity contribution < 1.29 is 0 Å². The van der Waals surface area contributed by atoms with Gasteiger partial charge < -0.3 is 4.90 Å². The average Bonchev–Trinajstić information content (AvgIpc) is 2.86. The van der Waals surface area contributed by atoms with Gasteiger partial charge in [0.25, 0.3) is 0 Å². The summed E-state index contributed by atoms with van der Waals surface area (Å²) in [6, 6.07) is 5.71. The van der Waals surface area contributed by atoms with Crippen LogP contribution in [0.4, 0.5) is 10.3 Å². The zero-order valence-corrected chi connectivity index (χ0v) is 11.3. The van der Waals surface area contributed by atoms with E-state index in [2.05, 4.69) is 25.7 Å². The molecule has 6 nitrogen and oxygen atoms in total. The van der Waals surface area contributed by atoms with Gasteiger partial charge in [-0.05, 0) is 19.1 Å². The molecule has 1 N–H and O–H groups in total. The Morgan fingerprint density at radius 1 is 1.33 bits per heavy atom. The summed E-state index contributed by atoms with van der Waals surface area (Å²) in [4.78, 5) is 6.11. The van der Waals surface area contributed by atoms with Gasteiger partial charge in [0.1, 0.15) is 0 Å². The molecule has 0 aliphatic rings. The highest BCUT2D eigenvalue weighted by Gasteiger charge is 2.04. The van der Waals surface area contributed by atoms with E-state index in [0.29, 0.717) is 5.13 Å². The van der Waals surface area contributed by atoms with Gasteiger partial charge in [-0.25, -0.2) is 0 Å². The second kappa shape index (κ2) is 5.54. The normalized spacial score (nSPS) is 11.4. The van der Waals surface area contributed by atoms with Crippen LogP contribution < -0.4 is 10.3 Å². The number of nitrogens with zero attached hydrogens (tertiary/aromatic N) is 5. The van der Waals surface area contributed by atoms with Crippen LogP contribution in [0.1, 0.15) is 12.6 Å². The predicted octanol–water partition coefficient (Wildman–Crippen LogP) is 1.84. The number of hydrogen-bond donors (Lipinski definition) is 1. The number of anilines is 2. The van der Waals surface area contributed by atoms with Gasteiger partial charge in [-0.15, -0.1) is 10.2 Å². The molecule has 0 aliphatic carbocycles. The van der Waals surface area contributed by atoms with Crippen molar-refractivity contribution in [2.45, 2.75) is 6.92 Å². The number of pyridine rings is 1. The molecule has 18 heavy (non-hydrogen) atoms. The number of nitrogens with one attached hydrogen (secondary N) is 1. The second-order valence-corrected chi connectivity index (χ2v) is 4.76. The lowest BCUT2D eigenvalue weighted by atomic mass is 10.3. The van der Waals surface area contributed by atoms with E-state index in [1.807, 2.05) is 44.1 Å². The molecule has 2 aromatic rings. The van der Waals surface area contributed by atoms with E-state index < -0.39 is 0 Å². The largest absolute Gasteiger partial charge is 0.353 e. The van der Waals surface area contributed by atoms with Gasteiger partial charge in [-0.3, -0.25) is 10.4 Å². The van der Waals surface area contributed by atoms with Crippen LogP contribution in [0.15, 0.2) is 29.5 Å². The van der Waals surface area contributed by atoms with Crippen LogP contribution in [0.2, 0.25) is 0 Å². The molecule has 0 aliphatic heterocycles. The topological polar surface area (TPSA) is 66.3 Å². The standard InChI is InChI=1S/C11H14N6S/c1-8(9-6-4-5-7-12-9)13-14-10-15-16-11(18-10)17(2)3/h4-7H,1-3H3,(H,14,15). The molecule has 0 unspecified atom stereocenters. The summed E-state index contributed by atoms with van der Waals surface area (Å²) in [5.41, 5.74) is 4.52. The van der Waals surface area contributed by atoms with E-state index in [9.17, 15) is 0 Å². The molecule has 0 spiro atoms. The van der Waals surface area contributed by atoms with Gasteiger partial charge in [0.05, 0.1) is 11.4 Å². The first-order valence-corrected chi connectivity index (χ1v) is 6.21. The predicted molar refractivity (Wildman–Crippen MR) is 74.3 cm³/mol. The Bertz CT molecular complexity index is 533. The van der Waals surface area contributed by atoms with Crippen molar-refractivity contribution in [1.29, 1.82) is 0 Å². The SMILES string of the molecule is CC(=NNc1nnc(N(C)C)s1)c1ccccn1.